The van der Waals surface area contributed by atoms with Crippen LogP contribution in [0.25, 0.3) is 0 Å². The zero-order chi connectivity index (χ0) is 23.1. The lowest BCUT2D eigenvalue weighted by molar-refractivity contribution is -0.344. The molecule has 164 valence electrons. The quantitative estimate of drug-likeness (QED) is 0.413. The summed E-state index contributed by atoms with van der Waals surface area (Å²) in [6.45, 7) is 3.25. The molecule has 30 heavy (non-hydrogen) atoms. The summed E-state index contributed by atoms with van der Waals surface area (Å²) < 4.78 is 10.8. The zero-order valence-corrected chi connectivity index (χ0v) is 16.9. The molecule has 10 heteroatoms. The molecular weight excluding hydrogens is 400 g/mol. The maximum Gasteiger partial charge on any atom is 0.240 e. The Bertz CT molecular complexity index is 866. The molecule has 2 rings (SSSR count). The lowest BCUT2D eigenvalue weighted by atomic mass is 9.60. The van der Waals surface area contributed by atoms with Crippen molar-refractivity contribution in [2.75, 3.05) is 0 Å². The van der Waals surface area contributed by atoms with Crippen molar-refractivity contribution in [2.24, 2.45) is 0 Å². The van der Waals surface area contributed by atoms with Crippen molar-refractivity contribution in [1.29, 1.82) is 0 Å². The van der Waals surface area contributed by atoms with E-state index in [1.54, 1.807) is 6.07 Å². The summed E-state index contributed by atoms with van der Waals surface area (Å²) in [6, 6.07) is 7.49. The van der Waals surface area contributed by atoms with Crippen LogP contribution in [0.4, 0.5) is 0 Å². The molecular formula is C20H24O10. The predicted molar refractivity (Wildman–Crippen MR) is 99.3 cm³/mol. The van der Waals surface area contributed by atoms with Gasteiger partial charge in [0.1, 0.15) is 11.9 Å². The number of ketones is 4. The number of aliphatic hydroxyl groups excluding tert-OH is 1. The zero-order valence-electron chi connectivity index (χ0n) is 16.9. The fraction of sp³-hybridized carbons (Fsp3) is 0.500. The van der Waals surface area contributed by atoms with E-state index in [-0.39, 0.29) is 5.75 Å². The molecule has 0 bridgehead atoms. The number of aliphatic hydroxyl groups is 4. The van der Waals surface area contributed by atoms with Gasteiger partial charge in [0, 0.05) is 0 Å². The van der Waals surface area contributed by atoms with E-state index >= 15 is 0 Å². The second-order valence-electron chi connectivity index (χ2n) is 7.27. The molecule has 10 nitrogen and oxygen atoms in total. The van der Waals surface area contributed by atoms with Crippen molar-refractivity contribution in [3.63, 3.8) is 0 Å². The first-order chi connectivity index (χ1) is 13.8. The second-order valence-corrected chi connectivity index (χ2v) is 7.27. The molecule has 4 N–H and O–H groups in total. The normalized spacial score (nSPS) is 34.7. The monoisotopic (exact) mass is 424 g/mol. The van der Waals surface area contributed by atoms with E-state index in [4.69, 9.17) is 9.47 Å². The highest BCUT2D eigenvalue weighted by atomic mass is 16.7. The van der Waals surface area contributed by atoms with Crippen LogP contribution in [0.2, 0.25) is 0 Å². The number of carbonyl (C=O) groups is 4. The maximum absolute atomic E-state index is 12.6. The number of carbonyl (C=O) groups excluding carboxylic acids is 4. The first kappa shape index (κ1) is 23.8. The van der Waals surface area contributed by atoms with Crippen LogP contribution in [0.3, 0.4) is 0 Å². The molecule has 1 saturated heterocycles. The summed E-state index contributed by atoms with van der Waals surface area (Å²) in [5, 5.41) is 43.4. The highest BCUT2D eigenvalue weighted by Crippen LogP contribution is 2.47. The van der Waals surface area contributed by atoms with Gasteiger partial charge in [-0.15, -0.1) is 0 Å². The van der Waals surface area contributed by atoms with Gasteiger partial charge in [-0.05, 0) is 39.8 Å². The van der Waals surface area contributed by atoms with E-state index < -0.39 is 58.4 Å². The molecule has 0 aliphatic carbocycles. The first-order valence-corrected chi connectivity index (χ1v) is 9.05. The first-order valence-electron chi connectivity index (χ1n) is 9.05. The van der Waals surface area contributed by atoms with Gasteiger partial charge in [-0.25, -0.2) is 0 Å². The molecule has 0 amide bonds. The minimum atomic E-state index is -3.54. The van der Waals surface area contributed by atoms with Crippen molar-refractivity contribution in [2.45, 2.75) is 63.0 Å². The van der Waals surface area contributed by atoms with Gasteiger partial charge >= 0.3 is 0 Å². The number of ether oxygens (including phenoxy) is 2. The second kappa shape index (κ2) is 7.97. The molecule has 0 saturated carbocycles. The van der Waals surface area contributed by atoms with Crippen molar-refractivity contribution >= 4 is 23.1 Å². The summed E-state index contributed by atoms with van der Waals surface area (Å²) in [5.74, 6) is -5.28. The molecule has 6 atom stereocenters. The van der Waals surface area contributed by atoms with Crippen LogP contribution in [-0.4, -0.2) is 78.9 Å². The van der Waals surface area contributed by atoms with Crippen molar-refractivity contribution in [3.05, 3.63) is 30.3 Å². The number of Topliss-reactive ketones (excluding diaryl/α,β-unsaturated/α-hetero) is 4. The third-order valence-corrected chi connectivity index (χ3v) is 5.32. The van der Waals surface area contributed by atoms with Gasteiger partial charge in [0.05, 0.1) is 0 Å². The Morgan fingerprint density at radius 1 is 0.933 bits per heavy atom. The highest BCUT2D eigenvalue weighted by Gasteiger charge is 2.80. The van der Waals surface area contributed by atoms with Gasteiger partial charge in [-0.3, -0.25) is 19.2 Å². The summed E-state index contributed by atoms with van der Waals surface area (Å²) >= 11 is 0. The van der Waals surface area contributed by atoms with E-state index in [0.29, 0.717) is 0 Å². The van der Waals surface area contributed by atoms with Gasteiger partial charge in [0.25, 0.3) is 0 Å². The highest BCUT2D eigenvalue weighted by molar-refractivity contribution is 6.08. The van der Waals surface area contributed by atoms with Crippen LogP contribution in [0.5, 0.6) is 5.75 Å². The van der Waals surface area contributed by atoms with Crippen LogP contribution < -0.4 is 4.74 Å². The number of benzene rings is 1. The van der Waals surface area contributed by atoms with Crippen LogP contribution in [0.15, 0.2) is 30.3 Å². The molecule has 1 unspecified atom stereocenters. The Labute approximate surface area is 172 Å². The maximum atomic E-state index is 12.6. The van der Waals surface area contributed by atoms with Gasteiger partial charge < -0.3 is 29.9 Å². The molecule has 1 aromatic rings. The Kier molecular flexibility index (Phi) is 6.32. The van der Waals surface area contributed by atoms with Crippen molar-refractivity contribution in [3.8, 4) is 5.75 Å². The SMILES string of the molecule is CC(=O)[C@]1(O)[C@@](O)(C(C)=O)[C@@H](C(=O)C(C)O)O[C@H](Oc2ccccc2)[C@@]1(O)C(C)=O. The Morgan fingerprint density at radius 3 is 1.83 bits per heavy atom. The Balaban J connectivity index is 2.82. The number of rotatable bonds is 7. The molecule has 0 radical (unpaired) electrons. The lowest BCUT2D eigenvalue weighted by Gasteiger charge is -2.56. The number of hydrogen-bond acceptors (Lipinski definition) is 10. The minimum absolute atomic E-state index is 0.0181. The van der Waals surface area contributed by atoms with Gasteiger partial charge in [-0.2, -0.15) is 0 Å². The van der Waals surface area contributed by atoms with E-state index in [1.165, 1.54) is 24.3 Å². The van der Waals surface area contributed by atoms with E-state index in [9.17, 15) is 39.6 Å². The Morgan fingerprint density at radius 2 is 1.43 bits per heavy atom. The fourth-order valence-electron chi connectivity index (χ4n) is 3.60. The average molecular weight is 424 g/mol. The third-order valence-electron chi connectivity index (χ3n) is 5.32. The standard InChI is InChI=1S/C20H24O10/c1-10(21)15(25)16-18(26,11(2)22)20(28,13(4)24)19(27,12(3)23)17(30-16)29-14-8-6-5-7-9-14/h5-10,16-17,21,26-28H,1-4H3/t10?,16-,17+,18-,19+,20+/m1/s1. The Hall–Kier alpha value is -2.50. The number of para-hydroxylation sites is 1. The molecule has 1 aromatic carbocycles. The van der Waals surface area contributed by atoms with Crippen LogP contribution in [0.1, 0.15) is 27.7 Å². The third kappa shape index (κ3) is 3.17. The smallest absolute Gasteiger partial charge is 0.240 e. The lowest BCUT2D eigenvalue weighted by Crippen LogP contribution is -2.87. The van der Waals surface area contributed by atoms with Crippen molar-refractivity contribution in [1.82, 2.24) is 0 Å². The minimum Gasteiger partial charge on any atom is -0.461 e. The number of hydrogen-bond donors (Lipinski definition) is 4. The van der Waals surface area contributed by atoms with Gasteiger partial charge in [-0.1, -0.05) is 18.2 Å². The summed E-state index contributed by atoms with van der Waals surface area (Å²) in [6.07, 6.45) is -6.33. The van der Waals surface area contributed by atoms with Crippen LogP contribution in [-0.2, 0) is 23.9 Å². The van der Waals surface area contributed by atoms with Crippen molar-refractivity contribution < 1.29 is 49.1 Å². The molecule has 1 fully saturated rings. The fourth-order valence-corrected chi connectivity index (χ4v) is 3.60. The topological polar surface area (TPSA) is 168 Å². The van der Waals surface area contributed by atoms with Gasteiger partial charge in [0.15, 0.2) is 34.8 Å². The largest absolute Gasteiger partial charge is 0.461 e. The summed E-state index contributed by atoms with van der Waals surface area (Å²) in [5.41, 5.74) is -10.2. The molecule has 1 heterocycles. The van der Waals surface area contributed by atoms with Crippen LogP contribution in [0, 0.1) is 0 Å². The van der Waals surface area contributed by atoms with E-state index in [0.717, 1.165) is 27.7 Å². The average Bonchev–Trinajstić information content (AvgIpc) is 2.67. The predicted octanol–water partition coefficient (Wildman–Crippen LogP) is -1.30. The molecule has 1 aliphatic heterocycles. The molecule has 0 aromatic heterocycles. The van der Waals surface area contributed by atoms with Gasteiger partial charge in [0.2, 0.25) is 17.5 Å². The van der Waals surface area contributed by atoms with Crippen LogP contribution >= 0.6 is 0 Å². The molecule has 1 aliphatic rings. The van der Waals surface area contributed by atoms with E-state index in [2.05, 4.69) is 0 Å². The summed E-state index contributed by atoms with van der Waals surface area (Å²) in [4.78, 5) is 50.0. The molecule has 0 spiro atoms. The summed E-state index contributed by atoms with van der Waals surface area (Å²) in [7, 11) is 0. The van der Waals surface area contributed by atoms with E-state index in [1.807, 2.05) is 0 Å².